The molecule has 116 valence electrons. The largest absolute Gasteiger partial charge is 0.624 e. The van der Waals surface area contributed by atoms with E-state index in [1.165, 1.54) is 7.05 Å². The molecule has 0 aliphatic carbocycles. The van der Waals surface area contributed by atoms with E-state index in [0.29, 0.717) is 11.3 Å². The summed E-state index contributed by atoms with van der Waals surface area (Å²) in [6.07, 6.45) is 2.43. The Morgan fingerprint density at radius 3 is 2.67 bits per heavy atom. The highest BCUT2D eigenvalue weighted by atomic mass is 32.2. The first-order valence-corrected chi connectivity index (χ1v) is 8.42. The Hall–Kier alpha value is -1.25. The maximum Gasteiger partial charge on any atom is 0.215 e. The van der Waals surface area contributed by atoms with Crippen molar-refractivity contribution in [2.45, 2.75) is 12.2 Å². The molecule has 1 aromatic carbocycles. The molecule has 21 heavy (non-hydrogen) atoms. The fraction of sp³-hybridized carbons (Fsp3) is 0.429. The van der Waals surface area contributed by atoms with Gasteiger partial charge in [0.15, 0.2) is 0 Å². The summed E-state index contributed by atoms with van der Waals surface area (Å²) in [6.45, 7) is 0.845. The first-order valence-electron chi connectivity index (χ1n) is 6.76. The molecule has 0 saturated heterocycles. The van der Waals surface area contributed by atoms with Gasteiger partial charge in [-0.25, -0.2) is 13.1 Å². The lowest BCUT2D eigenvalue weighted by atomic mass is 10.0. The lowest BCUT2D eigenvalue weighted by Crippen LogP contribution is -2.95. The summed E-state index contributed by atoms with van der Waals surface area (Å²) in [7, 11) is 2.05. The molecule has 1 heterocycles. The van der Waals surface area contributed by atoms with E-state index >= 15 is 0 Å². The molecule has 1 aliphatic heterocycles. The van der Waals surface area contributed by atoms with Crippen molar-refractivity contribution in [1.29, 1.82) is 0 Å². The Balaban J connectivity index is 2.26. The summed E-state index contributed by atoms with van der Waals surface area (Å²) in [5.41, 5.74) is 3.20. The van der Waals surface area contributed by atoms with Gasteiger partial charge in [-0.3, -0.25) is 0 Å². The van der Waals surface area contributed by atoms with E-state index in [1.54, 1.807) is 18.3 Å². The van der Waals surface area contributed by atoms with Gasteiger partial charge in [-0.2, -0.15) is 0 Å². The van der Waals surface area contributed by atoms with Gasteiger partial charge in [0.25, 0.3) is 0 Å². The van der Waals surface area contributed by atoms with Gasteiger partial charge in [0, 0.05) is 23.7 Å². The third-order valence-corrected chi connectivity index (χ3v) is 4.83. The highest BCUT2D eigenvalue weighted by Crippen LogP contribution is 2.29. The minimum atomic E-state index is -3.31. The number of fused-ring (bicyclic) bond motifs is 1. The van der Waals surface area contributed by atoms with Gasteiger partial charge in [0.05, 0.1) is 5.75 Å². The van der Waals surface area contributed by atoms with Crippen molar-refractivity contribution in [3.05, 3.63) is 40.7 Å². The molecular weight excluding hydrogens is 290 g/mol. The monoisotopic (exact) mass is 311 g/mol. The quantitative estimate of drug-likeness (QED) is 0.728. The second-order valence-electron chi connectivity index (χ2n) is 5.43. The zero-order valence-electron chi connectivity index (χ0n) is 12.5. The normalized spacial score (nSPS) is 18.0. The van der Waals surface area contributed by atoms with E-state index < -0.39 is 10.0 Å². The fourth-order valence-corrected chi connectivity index (χ4v) is 3.08. The maximum absolute atomic E-state index is 12.0. The SMILES string of the molecule is CNS(=O)(=O)Cc1ccc2c(c1)C(CCN(C)C)=C[NH+]2[O-]. The Morgan fingerprint density at radius 1 is 1.33 bits per heavy atom. The lowest BCUT2D eigenvalue weighted by molar-refractivity contribution is -0.710. The second-order valence-corrected chi connectivity index (χ2v) is 7.36. The van der Waals surface area contributed by atoms with E-state index in [-0.39, 0.29) is 10.8 Å². The molecule has 0 fully saturated rings. The Labute approximate surface area is 125 Å². The average molecular weight is 311 g/mol. The number of hydrogen-bond acceptors (Lipinski definition) is 4. The zero-order chi connectivity index (χ0) is 15.6. The van der Waals surface area contributed by atoms with Crippen molar-refractivity contribution in [3.8, 4) is 0 Å². The van der Waals surface area contributed by atoms with Gasteiger partial charge in [0.2, 0.25) is 10.0 Å². The van der Waals surface area contributed by atoms with Gasteiger partial charge < -0.3 is 15.2 Å². The van der Waals surface area contributed by atoms with E-state index in [1.807, 2.05) is 20.2 Å². The number of nitrogens with one attached hydrogen (secondary N) is 2. The molecule has 7 heteroatoms. The van der Waals surface area contributed by atoms with Crippen molar-refractivity contribution < 1.29 is 13.5 Å². The van der Waals surface area contributed by atoms with E-state index in [9.17, 15) is 13.6 Å². The highest BCUT2D eigenvalue weighted by Gasteiger charge is 2.22. The number of hydrogen-bond donors (Lipinski definition) is 2. The average Bonchev–Trinajstić information content (AvgIpc) is 2.72. The number of sulfonamides is 1. The number of benzene rings is 1. The van der Waals surface area contributed by atoms with Gasteiger partial charge >= 0.3 is 0 Å². The number of rotatable bonds is 6. The number of hydroxylamine groups is 1. The first kappa shape index (κ1) is 16.1. The molecule has 2 rings (SSSR count). The van der Waals surface area contributed by atoms with Crippen molar-refractivity contribution in [2.24, 2.45) is 0 Å². The van der Waals surface area contributed by atoms with Gasteiger partial charge in [-0.05, 0) is 39.2 Å². The van der Waals surface area contributed by atoms with Gasteiger partial charge in [0.1, 0.15) is 11.9 Å². The molecule has 0 bridgehead atoms. The lowest BCUT2D eigenvalue weighted by Gasteiger charge is -2.13. The summed E-state index contributed by atoms with van der Waals surface area (Å²) in [5.74, 6) is -0.0774. The van der Waals surface area contributed by atoms with Crippen LogP contribution in [0.4, 0.5) is 5.69 Å². The zero-order valence-corrected chi connectivity index (χ0v) is 13.3. The van der Waals surface area contributed by atoms with Crippen LogP contribution < -0.4 is 9.79 Å². The van der Waals surface area contributed by atoms with E-state index in [4.69, 9.17) is 0 Å². The Bertz CT molecular complexity index is 653. The molecule has 0 aromatic heterocycles. The minimum Gasteiger partial charge on any atom is -0.624 e. The van der Waals surface area contributed by atoms with E-state index in [2.05, 4.69) is 9.62 Å². The van der Waals surface area contributed by atoms with Crippen LogP contribution >= 0.6 is 0 Å². The van der Waals surface area contributed by atoms with Crippen molar-refractivity contribution in [1.82, 2.24) is 9.62 Å². The van der Waals surface area contributed by atoms with Crippen molar-refractivity contribution in [2.75, 3.05) is 27.7 Å². The molecule has 1 aromatic rings. The topological polar surface area (TPSA) is 76.9 Å². The molecule has 1 aliphatic rings. The van der Waals surface area contributed by atoms with Crippen LogP contribution in [0.2, 0.25) is 0 Å². The Morgan fingerprint density at radius 2 is 2.05 bits per heavy atom. The number of quaternary nitrogens is 1. The second kappa shape index (κ2) is 6.25. The van der Waals surface area contributed by atoms with Crippen LogP contribution in [0.15, 0.2) is 24.4 Å². The van der Waals surface area contributed by atoms with E-state index in [0.717, 1.165) is 24.1 Å². The molecule has 0 spiro atoms. The minimum absolute atomic E-state index is 0.00165. The predicted octanol–water partition coefficient (Wildman–Crippen LogP) is 0.0562. The Kier molecular flexibility index (Phi) is 4.80. The summed E-state index contributed by atoms with van der Waals surface area (Å²) >= 11 is 0. The molecule has 0 saturated carbocycles. The van der Waals surface area contributed by atoms with Crippen LogP contribution in [0.1, 0.15) is 17.5 Å². The third-order valence-electron chi connectivity index (χ3n) is 3.50. The summed E-state index contributed by atoms with van der Waals surface area (Å²) < 4.78 is 25.6. The van der Waals surface area contributed by atoms with Crippen LogP contribution in [0.25, 0.3) is 5.57 Å². The van der Waals surface area contributed by atoms with Crippen LogP contribution in [-0.2, 0) is 15.8 Å². The molecule has 0 radical (unpaired) electrons. The number of nitrogens with zero attached hydrogens (tertiary/aromatic N) is 1. The summed E-state index contributed by atoms with van der Waals surface area (Å²) in [6, 6.07) is 5.24. The van der Waals surface area contributed by atoms with Crippen LogP contribution in [0.5, 0.6) is 0 Å². The highest BCUT2D eigenvalue weighted by molar-refractivity contribution is 7.88. The predicted molar refractivity (Wildman–Crippen MR) is 83.3 cm³/mol. The first-order chi connectivity index (χ1) is 9.82. The van der Waals surface area contributed by atoms with Gasteiger partial charge in [-0.1, -0.05) is 6.07 Å². The standard InChI is InChI=1S/C14H21N3O3S/c1-15-21(19,20)10-11-4-5-14-13(8-11)12(9-17(14)18)6-7-16(2)3/h4-5,8-9,15,17H,6-7,10H2,1-3H3. The van der Waals surface area contributed by atoms with Crippen LogP contribution in [0, 0.1) is 5.21 Å². The van der Waals surface area contributed by atoms with Crippen molar-refractivity contribution in [3.63, 3.8) is 0 Å². The maximum atomic E-state index is 12.0. The molecule has 2 N–H and O–H groups in total. The van der Waals surface area contributed by atoms with Crippen LogP contribution in [0.3, 0.4) is 0 Å². The van der Waals surface area contributed by atoms with Gasteiger partial charge in [-0.15, -0.1) is 0 Å². The molecular formula is C14H21N3O3S. The summed E-state index contributed by atoms with van der Waals surface area (Å²) in [5, 5.41) is 12.0. The molecule has 1 unspecified atom stereocenters. The third kappa shape index (κ3) is 3.90. The molecule has 0 amide bonds. The molecule has 1 atom stereocenters. The van der Waals surface area contributed by atoms with Crippen molar-refractivity contribution >= 4 is 21.3 Å². The van der Waals surface area contributed by atoms with Crippen LogP contribution in [-0.4, -0.2) is 41.0 Å². The smallest absolute Gasteiger partial charge is 0.215 e. The molecule has 6 nitrogen and oxygen atoms in total. The fourth-order valence-electron chi connectivity index (χ4n) is 2.32. The summed E-state index contributed by atoms with van der Waals surface area (Å²) in [4.78, 5) is 2.05.